The number of rotatable bonds is 2. The van der Waals surface area contributed by atoms with Crippen molar-refractivity contribution in [2.24, 2.45) is 0 Å². The Bertz CT molecular complexity index is 617. The number of benzene rings is 2. The summed E-state index contributed by atoms with van der Waals surface area (Å²) in [6.07, 6.45) is -9.86. The molecule has 0 atom stereocenters. The minimum Gasteiger partial charge on any atom is -0.406 e. The normalized spacial score (nSPS) is 12.5. The summed E-state index contributed by atoms with van der Waals surface area (Å²) in [5.41, 5.74) is 0. The number of ether oxygens (including phenoxy) is 2. The molecule has 2 aromatic carbocycles. The molecule has 2 rings (SSSR count). The van der Waals surface area contributed by atoms with Crippen LogP contribution >= 0.6 is 0 Å². The van der Waals surface area contributed by atoms with Crippen LogP contribution in [0.1, 0.15) is 0 Å². The van der Waals surface area contributed by atoms with Crippen LogP contribution in [0.3, 0.4) is 0 Å². The van der Waals surface area contributed by atoms with Crippen molar-refractivity contribution in [3.8, 4) is 11.5 Å². The molecule has 0 aliphatic rings. The molecule has 0 aliphatic carbocycles. The number of fused-ring (bicyclic) bond motifs is 1. The fourth-order valence-corrected chi connectivity index (χ4v) is 1.63. The largest absolute Gasteiger partial charge is 0.573 e. The van der Waals surface area contributed by atoms with Crippen molar-refractivity contribution in [2.45, 2.75) is 12.7 Å². The fraction of sp³-hybridized carbons (Fsp3) is 0.167. The Kier molecular flexibility index (Phi) is 3.41. The highest BCUT2D eigenvalue weighted by Gasteiger charge is 2.33. The van der Waals surface area contributed by atoms with Gasteiger partial charge >= 0.3 is 12.7 Å². The fourth-order valence-electron chi connectivity index (χ4n) is 1.63. The van der Waals surface area contributed by atoms with E-state index < -0.39 is 24.2 Å². The predicted octanol–water partition coefficient (Wildman–Crippen LogP) is 4.64. The number of alkyl halides is 6. The minimum absolute atomic E-state index is 0.133. The maximum absolute atomic E-state index is 12.2. The van der Waals surface area contributed by atoms with Crippen molar-refractivity contribution < 1.29 is 35.8 Å². The molecule has 2 aromatic rings. The Labute approximate surface area is 108 Å². The predicted molar refractivity (Wildman–Crippen MR) is 57.3 cm³/mol. The quantitative estimate of drug-likeness (QED) is 0.752. The van der Waals surface area contributed by atoms with E-state index in [1.807, 2.05) is 0 Å². The summed E-state index contributed by atoms with van der Waals surface area (Å²) in [5.74, 6) is -1.22. The first-order valence-corrected chi connectivity index (χ1v) is 5.18. The standard InChI is InChI=1S/C12H6F6O2/c13-11(14,15)19-8-5-4-7-2-1-3-10(9(7)6-8)20-12(16,17)18/h1-6H. The van der Waals surface area contributed by atoms with Gasteiger partial charge in [0.1, 0.15) is 11.5 Å². The van der Waals surface area contributed by atoms with Gasteiger partial charge in [-0.1, -0.05) is 18.2 Å². The summed E-state index contributed by atoms with van der Waals surface area (Å²) < 4.78 is 80.3. The van der Waals surface area contributed by atoms with Crippen LogP contribution in [0.2, 0.25) is 0 Å². The molecule has 0 amide bonds. The summed E-state index contributed by atoms with van der Waals surface area (Å²) in [6, 6.07) is 6.80. The van der Waals surface area contributed by atoms with Crippen LogP contribution < -0.4 is 9.47 Å². The van der Waals surface area contributed by atoms with Crippen molar-refractivity contribution in [3.63, 3.8) is 0 Å². The highest BCUT2D eigenvalue weighted by Crippen LogP contribution is 2.34. The Balaban J connectivity index is 2.46. The van der Waals surface area contributed by atoms with Crippen LogP contribution in [0.5, 0.6) is 11.5 Å². The van der Waals surface area contributed by atoms with E-state index in [1.165, 1.54) is 18.2 Å². The lowest BCUT2D eigenvalue weighted by molar-refractivity contribution is -0.275. The van der Waals surface area contributed by atoms with Crippen LogP contribution in [0.4, 0.5) is 26.3 Å². The third-order valence-corrected chi connectivity index (χ3v) is 2.27. The van der Waals surface area contributed by atoms with E-state index in [0.29, 0.717) is 5.39 Å². The van der Waals surface area contributed by atoms with E-state index in [1.54, 1.807) is 0 Å². The highest BCUT2D eigenvalue weighted by atomic mass is 19.4. The first kappa shape index (κ1) is 14.3. The first-order chi connectivity index (χ1) is 9.14. The van der Waals surface area contributed by atoms with Gasteiger partial charge in [-0.15, -0.1) is 26.3 Å². The van der Waals surface area contributed by atoms with E-state index in [-0.39, 0.29) is 5.39 Å². The molecule has 0 unspecified atom stereocenters. The number of hydrogen-bond acceptors (Lipinski definition) is 2. The molecule has 0 N–H and O–H groups in total. The molecular formula is C12H6F6O2. The Hall–Kier alpha value is -2.12. The smallest absolute Gasteiger partial charge is 0.406 e. The average Bonchev–Trinajstić information content (AvgIpc) is 2.26. The molecule has 0 fully saturated rings. The zero-order valence-corrected chi connectivity index (χ0v) is 9.55. The molecule has 2 nitrogen and oxygen atoms in total. The molecular weight excluding hydrogens is 290 g/mol. The molecule has 0 spiro atoms. The van der Waals surface area contributed by atoms with Gasteiger partial charge in [-0.3, -0.25) is 0 Å². The van der Waals surface area contributed by atoms with Crippen molar-refractivity contribution in [2.75, 3.05) is 0 Å². The third-order valence-electron chi connectivity index (χ3n) is 2.27. The van der Waals surface area contributed by atoms with Gasteiger partial charge in [-0.2, -0.15) is 0 Å². The maximum atomic E-state index is 12.2. The minimum atomic E-state index is -4.94. The van der Waals surface area contributed by atoms with Gasteiger partial charge < -0.3 is 9.47 Å². The molecule has 0 bridgehead atoms. The van der Waals surface area contributed by atoms with Crippen LogP contribution in [-0.4, -0.2) is 12.7 Å². The molecule has 20 heavy (non-hydrogen) atoms. The summed E-state index contributed by atoms with van der Waals surface area (Å²) in [5, 5.41) is 0.160. The van der Waals surface area contributed by atoms with Crippen LogP contribution in [0, 0.1) is 0 Å². The lowest BCUT2D eigenvalue weighted by Gasteiger charge is -2.13. The monoisotopic (exact) mass is 296 g/mol. The number of halogens is 6. The second-order valence-electron chi connectivity index (χ2n) is 3.73. The summed E-state index contributed by atoms with van der Waals surface area (Å²) in [6.45, 7) is 0. The van der Waals surface area contributed by atoms with E-state index in [0.717, 1.165) is 18.2 Å². The Morgan fingerprint density at radius 1 is 0.750 bits per heavy atom. The van der Waals surface area contributed by atoms with E-state index >= 15 is 0 Å². The molecule has 0 saturated carbocycles. The third kappa shape index (κ3) is 3.69. The highest BCUT2D eigenvalue weighted by molar-refractivity contribution is 5.89. The van der Waals surface area contributed by atoms with Crippen LogP contribution in [0.15, 0.2) is 36.4 Å². The van der Waals surface area contributed by atoms with Crippen molar-refractivity contribution in [1.29, 1.82) is 0 Å². The summed E-state index contributed by atoms with van der Waals surface area (Å²) >= 11 is 0. The Morgan fingerprint density at radius 3 is 2.00 bits per heavy atom. The van der Waals surface area contributed by atoms with Gasteiger partial charge in [0.05, 0.1) is 0 Å². The molecule has 0 aromatic heterocycles. The molecule has 0 saturated heterocycles. The van der Waals surface area contributed by atoms with Gasteiger partial charge in [-0.05, 0) is 23.6 Å². The molecule has 0 radical (unpaired) electrons. The maximum Gasteiger partial charge on any atom is 0.573 e. The van der Waals surface area contributed by atoms with E-state index in [2.05, 4.69) is 9.47 Å². The van der Waals surface area contributed by atoms with E-state index in [9.17, 15) is 26.3 Å². The molecule has 8 heteroatoms. The van der Waals surface area contributed by atoms with Gasteiger partial charge in [0.25, 0.3) is 0 Å². The SMILES string of the molecule is FC(F)(F)Oc1ccc2cccc(OC(F)(F)F)c2c1. The second kappa shape index (κ2) is 4.77. The summed E-state index contributed by atoms with van der Waals surface area (Å²) in [4.78, 5) is 0. The molecule has 108 valence electrons. The van der Waals surface area contributed by atoms with Gasteiger partial charge in [0, 0.05) is 5.39 Å². The van der Waals surface area contributed by atoms with Crippen molar-refractivity contribution in [1.82, 2.24) is 0 Å². The van der Waals surface area contributed by atoms with Crippen molar-refractivity contribution in [3.05, 3.63) is 36.4 Å². The van der Waals surface area contributed by atoms with Gasteiger partial charge in [-0.25, -0.2) is 0 Å². The Morgan fingerprint density at radius 2 is 1.40 bits per heavy atom. The molecule has 0 heterocycles. The van der Waals surface area contributed by atoms with Gasteiger partial charge in [0.15, 0.2) is 0 Å². The first-order valence-electron chi connectivity index (χ1n) is 5.18. The topological polar surface area (TPSA) is 18.5 Å². The zero-order valence-electron chi connectivity index (χ0n) is 9.55. The van der Waals surface area contributed by atoms with Crippen molar-refractivity contribution >= 4 is 10.8 Å². The second-order valence-corrected chi connectivity index (χ2v) is 3.73. The molecule has 0 aliphatic heterocycles. The number of hydrogen-bond donors (Lipinski definition) is 0. The summed E-state index contributed by atoms with van der Waals surface area (Å²) in [7, 11) is 0. The lowest BCUT2D eigenvalue weighted by Crippen LogP contribution is -2.18. The zero-order chi connectivity index (χ0) is 15.0. The average molecular weight is 296 g/mol. The van der Waals surface area contributed by atoms with Crippen LogP contribution in [0.25, 0.3) is 10.8 Å². The lowest BCUT2D eigenvalue weighted by atomic mass is 10.1. The van der Waals surface area contributed by atoms with Crippen LogP contribution in [-0.2, 0) is 0 Å². The van der Waals surface area contributed by atoms with E-state index in [4.69, 9.17) is 0 Å². The van der Waals surface area contributed by atoms with Gasteiger partial charge in [0.2, 0.25) is 0 Å².